The summed E-state index contributed by atoms with van der Waals surface area (Å²) < 4.78 is 0. The van der Waals surface area contributed by atoms with Crippen molar-refractivity contribution in [3.63, 3.8) is 0 Å². The Hall–Kier alpha value is -1.46. The van der Waals surface area contributed by atoms with Crippen LogP contribution in [0.1, 0.15) is 38.5 Å². The Labute approximate surface area is 148 Å². The highest BCUT2D eigenvalue weighted by molar-refractivity contribution is 5.80. The Bertz CT molecular complexity index is 369. The molecule has 0 N–H and O–H groups in total. The topological polar surface area (TPSA) is 37.7 Å². The van der Waals surface area contributed by atoms with E-state index in [1.54, 1.807) is 0 Å². The molecule has 2 fully saturated rings. The molecule has 2 aliphatic rings. The van der Waals surface area contributed by atoms with Crippen molar-refractivity contribution in [3.05, 3.63) is 0 Å². The van der Waals surface area contributed by atoms with Crippen LogP contribution in [0.15, 0.2) is 9.98 Å². The van der Waals surface area contributed by atoms with Crippen LogP contribution >= 0.6 is 0 Å². The van der Waals surface area contributed by atoms with Gasteiger partial charge in [-0.25, -0.2) is 0 Å². The van der Waals surface area contributed by atoms with Crippen molar-refractivity contribution in [2.75, 3.05) is 67.5 Å². The Morgan fingerprint density at radius 1 is 0.583 bits per heavy atom. The molecule has 0 bridgehead atoms. The molecule has 2 aliphatic heterocycles. The number of hydrogen-bond acceptors (Lipinski definition) is 2. The van der Waals surface area contributed by atoms with Gasteiger partial charge in [-0.1, -0.05) is 12.8 Å². The number of guanidine groups is 2. The van der Waals surface area contributed by atoms with Gasteiger partial charge in [-0.15, -0.1) is 0 Å². The van der Waals surface area contributed by atoms with Crippen LogP contribution < -0.4 is 0 Å². The second-order valence-corrected chi connectivity index (χ2v) is 7.17. The lowest BCUT2D eigenvalue weighted by molar-refractivity contribution is 0.316. The van der Waals surface area contributed by atoms with Crippen molar-refractivity contribution in [2.24, 2.45) is 9.98 Å². The van der Waals surface area contributed by atoms with Gasteiger partial charge in [0.1, 0.15) is 0 Å². The molecule has 0 unspecified atom stereocenters. The smallest absolute Gasteiger partial charge is 0.196 e. The molecule has 24 heavy (non-hydrogen) atoms. The number of unbranched alkanes of at least 4 members (excludes halogenated alkanes) is 3. The Morgan fingerprint density at radius 2 is 0.917 bits per heavy atom. The van der Waals surface area contributed by atoms with Crippen LogP contribution in [0.25, 0.3) is 0 Å². The third kappa shape index (κ3) is 5.56. The summed E-state index contributed by atoms with van der Waals surface area (Å²) in [6.07, 6.45) is 7.34. The fourth-order valence-corrected chi connectivity index (χ4v) is 3.49. The molecule has 0 radical (unpaired) electrons. The number of nitrogens with zero attached hydrogens (tertiary/aromatic N) is 6. The molecule has 2 rings (SSSR count). The third-order valence-electron chi connectivity index (χ3n) is 4.91. The van der Waals surface area contributed by atoms with Crippen LogP contribution in [-0.2, 0) is 0 Å². The summed E-state index contributed by atoms with van der Waals surface area (Å²) >= 11 is 0. The van der Waals surface area contributed by atoms with Gasteiger partial charge in [0, 0.05) is 67.5 Å². The van der Waals surface area contributed by atoms with E-state index >= 15 is 0 Å². The number of aliphatic imine (C=N–C) groups is 2. The highest BCUT2D eigenvalue weighted by Gasteiger charge is 2.17. The van der Waals surface area contributed by atoms with Gasteiger partial charge in [-0.05, 0) is 25.7 Å². The lowest BCUT2D eigenvalue weighted by atomic mass is 10.2. The molecular formula is C18H36N6. The second kappa shape index (κ2) is 9.74. The minimum absolute atomic E-state index is 0.948. The normalized spacial score (nSPS) is 19.2. The molecule has 0 atom stereocenters. The molecule has 0 spiro atoms. The monoisotopic (exact) mass is 336 g/mol. The maximum Gasteiger partial charge on any atom is 0.196 e. The fourth-order valence-electron chi connectivity index (χ4n) is 3.49. The minimum atomic E-state index is 0.948. The van der Waals surface area contributed by atoms with Crippen LogP contribution in [0.5, 0.6) is 0 Å². The molecule has 6 heteroatoms. The van der Waals surface area contributed by atoms with Crippen molar-refractivity contribution >= 4 is 11.9 Å². The van der Waals surface area contributed by atoms with E-state index in [1.165, 1.54) is 38.5 Å². The average Bonchev–Trinajstić information content (AvgIpc) is 2.54. The fraction of sp³-hybridized carbons (Fsp3) is 0.889. The highest BCUT2D eigenvalue weighted by Crippen LogP contribution is 2.08. The van der Waals surface area contributed by atoms with Crippen molar-refractivity contribution in [1.82, 2.24) is 19.6 Å². The summed E-state index contributed by atoms with van der Waals surface area (Å²) in [5, 5.41) is 0. The van der Waals surface area contributed by atoms with Crippen molar-refractivity contribution in [2.45, 2.75) is 38.5 Å². The van der Waals surface area contributed by atoms with Gasteiger partial charge < -0.3 is 19.6 Å². The van der Waals surface area contributed by atoms with Crippen LogP contribution in [0.2, 0.25) is 0 Å². The summed E-state index contributed by atoms with van der Waals surface area (Å²) in [5.41, 5.74) is 0. The van der Waals surface area contributed by atoms with Crippen LogP contribution in [-0.4, -0.2) is 99.0 Å². The maximum atomic E-state index is 4.78. The minimum Gasteiger partial charge on any atom is -0.346 e. The van der Waals surface area contributed by atoms with E-state index in [0.717, 1.165) is 51.2 Å². The quantitative estimate of drug-likeness (QED) is 0.665. The zero-order chi connectivity index (χ0) is 17.4. The molecule has 138 valence electrons. The van der Waals surface area contributed by atoms with Gasteiger partial charge in [0.25, 0.3) is 0 Å². The van der Waals surface area contributed by atoms with Crippen LogP contribution in [0.3, 0.4) is 0 Å². The first-order valence-corrected chi connectivity index (χ1v) is 9.53. The van der Waals surface area contributed by atoms with Crippen molar-refractivity contribution < 1.29 is 0 Å². The molecular weight excluding hydrogens is 300 g/mol. The lowest BCUT2D eigenvalue weighted by Crippen LogP contribution is -2.46. The number of hydrogen-bond donors (Lipinski definition) is 0. The summed E-state index contributed by atoms with van der Waals surface area (Å²) in [7, 11) is 8.58. The third-order valence-corrected chi connectivity index (χ3v) is 4.91. The van der Waals surface area contributed by atoms with E-state index in [4.69, 9.17) is 9.98 Å². The van der Waals surface area contributed by atoms with E-state index in [-0.39, 0.29) is 0 Å². The predicted molar refractivity (Wildman–Crippen MR) is 103 cm³/mol. The first-order valence-electron chi connectivity index (χ1n) is 9.53. The van der Waals surface area contributed by atoms with E-state index < -0.39 is 0 Å². The number of rotatable bonds is 7. The van der Waals surface area contributed by atoms with E-state index in [2.05, 4.69) is 47.8 Å². The van der Waals surface area contributed by atoms with Gasteiger partial charge in [0.15, 0.2) is 11.9 Å². The second-order valence-electron chi connectivity index (χ2n) is 7.17. The average molecular weight is 337 g/mol. The maximum absolute atomic E-state index is 4.78. The van der Waals surface area contributed by atoms with Gasteiger partial charge in [0.2, 0.25) is 0 Å². The standard InChI is InChI=1S/C18H36N6/c1-21-13-9-14-22(2)17(21)19-11-7-5-6-8-12-20-18-23(3)15-10-16-24(18)4/h5-16H2,1-4H3. The van der Waals surface area contributed by atoms with Gasteiger partial charge in [-0.3, -0.25) is 9.98 Å². The molecule has 0 saturated carbocycles. The Balaban J connectivity index is 1.58. The van der Waals surface area contributed by atoms with E-state index in [1.807, 2.05) is 0 Å². The first-order chi connectivity index (χ1) is 11.6. The van der Waals surface area contributed by atoms with Crippen molar-refractivity contribution in [1.29, 1.82) is 0 Å². The molecule has 0 aliphatic carbocycles. The zero-order valence-corrected chi connectivity index (χ0v) is 16.2. The highest BCUT2D eigenvalue weighted by atomic mass is 15.4. The summed E-state index contributed by atoms with van der Waals surface area (Å²) in [6.45, 7) is 6.42. The summed E-state index contributed by atoms with van der Waals surface area (Å²) in [6, 6.07) is 0. The van der Waals surface area contributed by atoms with Gasteiger partial charge in [0.05, 0.1) is 0 Å². The first kappa shape index (κ1) is 18.9. The largest absolute Gasteiger partial charge is 0.346 e. The molecule has 0 amide bonds. The molecule has 0 aromatic heterocycles. The predicted octanol–water partition coefficient (Wildman–Crippen LogP) is 1.79. The van der Waals surface area contributed by atoms with Crippen molar-refractivity contribution in [3.8, 4) is 0 Å². The van der Waals surface area contributed by atoms with Gasteiger partial charge >= 0.3 is 0 Å². The summed E-state index contributed by atoms with van der Waals surface area (Å²) in [4.78, 5) is 18.7. The molecule has 2 heterocycles. The van der Waals surface area contributed by atoms with Crippen LogP contribution in [0.4, 0.5) is 0 Å². The zero-order valence-electron chi connectivity index (χ0n) is 16.2. The summed E-state index contributed by atoms with van der Waals surface area (Å²) in [5.74, 6) is 2.33. The van der Waals surface area contributed by atoms with E-state index in [0.29, 0.717) is 0 Å². The molecule has 2 saturated heterocycles. The SMILES string of the molecule is CN1CCCN(C)C1=NCCCCCCN=C1N(C)CCCN1C. The molecule has 0 aromatic rings. The molecule has 0 aromatic carbocycles. The molecule has 6 nitrogen and oxygen atoms in total. The van der Waals surface area contributed by atoms with Gasteiger partial charge in [-0.2, -0.15) is 0 Å². The van der Waals surface area contributed by atoms with E-state index in [9.17, 15) is 0 Å². The Morgan fingerprint density at radius 3 is 1.25 bits per heavy atom. The Kier molecular flexibility index (Phi) is 7.66. The van der Waals surface area contributed by atoms with Crippen LogP contribution in [0, 0.1) is 0 Å². The lowest BCUT2D eigenvalue weighted by Gasteiger charge is -2.34.